The average molecular weight is 255 g/mol. The number of nitrogens with zero attached hydrogens (tertiary/aromatic N) is 2. The average Bonchev–Trinajstić information content (AvgIpc) is 2.44. The largest absolute Gasteiger partial charge is 0.304 e. The number of aromatic nitrogens is 2. The molecule has 19 heavy (non-hydrogen) atoms. The second-order valence-corrected chi connectivity index (χ2v) is 4.84. The fourth-order valence-corrected chi connectivity index (χ4v) is 2.05. The van der Waals surface area contributed by atoms with E-state index in [-0.39, 0.29) is 6.04 Å². The van der Waals surface area contributed by atoms with Crippen LogP contribution in [0.25, 0.3) is 0 Å². The first-order chi connectivity index (χ1) is 9.22. The van der Waals surface area contributed by atoms with E-state index in [4.69, 9.17) is 0 Å². The highest BCUT2D eigenvalue weighted by Gasteiger charge is 2.16. The number of benzene rings is 1. The van der Waals surface area contributed by atoms with E-state index in [1.807, 2.05) is 6.07 Å². The van der Waals surface area contributed by atoms with Crippen molar-refractivity contribution in [1.82, 2.24) is 15.3 Å². The second-order valence-electron chi connectivity index (χ2n) is 4.84. The standard InChI is InChI=1S/C16H21N3/c1-4-8-17-15(16-18-9-5-10-19-16)14-7-6-12(2)13(3)11-14/h5-7,9-11,15,17H,4,8H2,1-3H3. The van der Waals surface area contributed by atoms with Gasteiger partial charge in [-0.1, -0.05) is 25.1 Å². The Hall–Kier alpha value is -1.74. The van der Waals surface area contributed by atoms with Gasteiger partial charge in [-0.3, -0.25) is 0 Å². The predicted octanol–water partition coefficient (Wildman–Crippen LogP) is 3.18. The molecule has 0 fully saturated rings. The highest BCUT2D eigenvalue weighted by Crippen LogP contribution is 2.21. The number of hydrogen-bond acceptors (Lipinski definition) is 3. The number of nitrogens with one attached hydrogen (secondary N) is 1. The quantitative estimate of drug-likeness (QED) is 0.891. The van der Waals surface area contributed by atoms with Crippen LogP contribution < -0.4 is 5.32 Å². The van der Waals surface area contributed by atoms with Crippen LogP contribution >= 0.6 is 0 Å². The maximum absolute atomic E-state index is 4.39. The smallest absolute Gasteiger partial charge is 0.149 e. The maximum Gasteiger partial charge on any atom is 0.149 e. The highest BCUT2D eigenvalue weighted by atomic mass is 15.0. The van der Waals surface area contributed by atoms with Crippen LogP contribution in [0.2, 0.25) is 0 Å². The molecule has 3 nitrogen and oxygen atoms in total. The van der Waals surface area contributed by atoms with Crippen LogP contribution in [0.5, 0.6) is 0 Å². The SMILES string of the molecule is CCCNC(c1ccc(C)c(C)c1)c1ncccn1. The van der Waals surface area contributed by atoms with Gasteiger partial charge in [0, 0.05) is 12.4 Å². The van der Waals surface area contributed by atoms with E-state index in [9.17, 15) is 0 Å². The number of hydrogen-bond donors (Lipinski definition) is 1. The van der Waals surface area contributed by atoms with Crippen molar-refractivity contribution in [2.24, 2.45) is 0 Å². The Kier molecular flexibility index (Phi) is 4.63. The lowest BCUT2D eigenvalue weighted by molar-refractivity contribution is 0.571. The van der Waals surface area contributed by atoms with Crippen molar-refractivity contribution < 1.29 is 0 Å². The Morgan fingerprint density at radius 3 is 2.47 bits per heavy atom. The van der Waals surface area contributed by atoms with E-state index in [1.54, 1.807) is 12.4 Å². The van der Waals surface area contributed by atoms with Gasteiger partial charge in [0.15, 0.2) is 0 Å². The molecule has 2 rings (SSSR count). The first-order valence-corrected chi connectivity index (χ1v) is 6.79. The van der Waals surface area contributed by atoms with E-state index >= 15 is 0 Å². The molecule has 0 bridgehead atoms. The summed E-state index contributed by atoms with van der Waals surface area (Å²) >= 11 is 0. The molecular weight excluding hydrogens is 234 g/mol. The van der Waals surface area contributed by atoms with E-state index in [2.05, 4.69) is 54.3 Å². The molecule has 3 heteroatoms. The van der Waals surface area contributed by atoms with Crippen molar-refractivity contribution in [2.45, 2.75) is 33.2 Å². The first kappa shape index (κ1) is 13.7. The summed E-state index contributed by atoms with van der Waals surface area (Å²) in [6.07, 6.45) is 4.68. The maximum atomic E-state index is 4.39. The molecule has 2 aromatic rings. The molecule has 100 valence electrons. The molecule has 0 saturated carbocycles. The van der Waals surface area contributed by atoms with Gasteiger partial charge in [-0.15, -0.1) is 0 Å². The summed E-state index contributed by atoms with van der Waals surface area (Å²) in [5.74, 6) is 0.833. The molecule has 0 spiro atoms. The molecule has 1 heterocycles. The van der Waals surface area contributed by atoms with Gasteiger partial charge in [0.05, 0.1) is 6.04 Å². The summed E-state index contributed by atoms with van der Waals surface area (Å²) in [4.78, 5) is 8.77. The van der Waals surface area contributed by atoms with Gasteiger partial charge in [-0.2, -0.15) is 0 Å². The molecule has 1 aromatic heterocycles. The van der Waals surface area contributed by atoms with Crippen LogP contribution in [0.15, 0.2) is 36.7 Å². The van der Waals surface area contributed by atoms with Crippen LogP contribution in [0.4, 0.5) is 0 Å². The van der Waals surface area contributed by atoms with Crippen molar-refractivity contribution in [3.63, 3.8) is 0 Å². The molecule has 1 unspecified atom stereocenters. The summed E-state index contributed by atoms with van der Waals surface area (Å²) < 4.78 is 0. The van der Waals surface area contributed by atoms with Gasteiger partial charge in [-0.05, 0) is 49.6 Å². The Balaban J connectivity index is 2.34. The Bertz CT molecular complexity index is 523. The summed E-state index contributed by atoms with van der Waals surface area (Å²) in [6, 6.07) is 8.46. The zero-order chi connectivity index (χ0) is 13.7. The lowest BCUT2D eigenvalue weighted by atomic mass is 10.0. The van der Waals surface area contributed by atoms with Gasteiger partial charge in [-0.25, -0.2) is 9.97 Å². The van der Waals surface area contributed by atoms with Crippen molar-refractivity contribution in [3.8, 4) is 0 Å². The fraction of sp³-hybridized carbons (Fsp3) is 0.375. The van der Waals surface area contributed by atoms with E-state index in [1.165, 1.54) is 16.7 Å². The van der Waals surface area contributed by atoms with Gasteiger partial charge in [0.2, 0.25) is 0 Å². The molecule has 0 aliphatic heterocycles. The molecule has 1 atom stereocenters. The molecule has 0 amide bonds. The summed E-state index contributed by atoms with van der Waals surface area (Å²) in [5, 5.41) is 3.52. The minimum absolute atomic E-state index is 0.0699. The lowest BCUT2D eigenvalue weighted by Crippen LogP contribution is -2.25. The van der Waals surface area contributed by atoms with Crippen molar-refractivity contribution in [3.05, 3.63) is 59.2 Å². The molecule has 0 aliphatic carbocycles. The number of aryl methyl sites for hydroxylation is 2. The van der Waals surface area contributed by atoms with Crippen LogP contribution in [0.3, 0.4) is 0 Å². The van der Waals surface area contributed by atoms with E-state index < -0.39 is 0 Å². The summed E-state index contributed by atoms with van der Waals surface area (Å²) in [5.41, 5.74) is 3.84. The zero-order valence-electron chi connectivity index (χ0n) is 11.9. The van der Waals surface area contributed by atoms with E-state index in [0.717, 1.165) is 18.8 Å². The molecule has 0 radical (unpaired) electrons. The normalized spacial score (nSPS) is 12.4. The highest BCUT2D eigenvalue weighted by molar-refractivity contribution is 5.34. The Morgan fingerprint density at radius 1 is 1.11 bits per heavy atom. The molecular formula is C16H21N3. The van der Waals surface area contributed by atoms with Crippen molar-refractivity contribution in [1.29, 1.82) is 0 Å². The molecule has 1 aromatic carbocycles. The van der Waals surface area contributed by atoms with Gasteiger partial charge in [0.25, 0.3) is 0 Å². The number of rotatable bonds is 5. The van der Waals surface area contributed by atoms with E-state index in [0.29, 0.717) is 0 Å². The van der Waals surface area contributed by atoms with Gasteiger partial charge in [0.1, 0.15) is 5.82 Å². The van der Waals surface area contributed by atoms with Crippen molar-refractivity contribution >= 4 is 0 Å². The summed E-state index contributed by atoms with van der Waals surface area (Å²) in [7, 11) is 0. The fourth-order valence-electron chi connectivity index (χ4n) is 2.05. The van der Waals surface area contributed by atoms with Crippen LogP contribution in [0.1, 0.15) is 41.9 Å². The van der Waals surface area contributed by atoms with Crippen LogP contribution in [-0.2, 0) is 0 Å². The van der Waals surface area contributed by atoms with Crippen LogP contribution in [-0.4, -0.2) is 16.5 Å². The predicted molar refractivity (Wildman–Crippen MR) is 78.1 cm³/mol. The third-order valence-electron chi connectivity index (χ3n) is 3.31. The van der Waals surface area contributed by atoms with Crippen LogP contribution in [0, 0.1) is 13.8 Å². The van der Waals surface area contributed by atoms with Crippen molar-refractivity contribution in [2.75, 3.05) is 6.54 Å². The third kappa shape index (κ3) is 3.38. The molecule has 1 N–H and O–H groups in total. The monoisotopic (exact) mass is 255 g/mol. The first-order valence-electron chi connectivity index (χ1n) is 6.79. The molecule has 0 saturated heterocycles. The Labute approximate surface area is 115 Å². The minimum atomic E-state index is 0.0699. The second kappa shape index (κ2) is 6.43. The zero-order valence-corrected chi connectivity index (χ0v) is 11.9. The Morgan fingerprint density at radius 2 is 1.84 bits per heavy atom. The topological polar surface area (TPSA) is 37.8 Å². The van der Waals surface area contributed by atoms with Gasteiger partial charge >= 0.3 is 0 Å². The van der Waals surface area contributed by atoms with Gasteiger partial charge < -0.3 is 5.32 Å². The summed E-state index contributed by atoms with van der Waals surface area (Å²) in [6.45, 7) is 7.39. The minimum Gasteiger partial charge on any atom is -0.304 e. The molecule has 0 aliphatic rings. The lowest BCUT2D eigenvalue weighted by Gasteiger charge is -2.18. The third-order valence-corrected chi connectivity index (χ3v) is 3.31.